The Morgan fingerprint density at radius 3 is 2.90 bits per heavy atom. The zero-order valence-corrected chi connectivity index (χ0v) is 17.1. The van der Waals surface area contributed by atoms with Crippen LogP contribution in [0.5, 0.6) is 5.75 Å². The number of rotatable bonds is 4. The minimum absolute atomic E-state index is 0.196. The second kappa shape index (κ2) is 7.50. The summed E-state index contributed by atoms with van der Waals surface area (Å²) in [5.41, 5.74) is 4.62. The summed E-state index contributed by atoms with van der Waals surface area (Å²) >= 11 is 1.29. The van der Waals surface area contributed by atoms with Crippen molar-refractivity contribution < 1.29 is 13.9 Å². The highest BCUT2D eigenvalue weighted by Crippen LogP contribution is 2.34. The zero-order chi connectivity index (χ0) is 20.7. The van der Waals surface area contributed by atoms with Gasteiger partial charge in [-0.2, -0.15) is 0 Å². The van der Waals surface area contributed by atoms with E-state index in [1.54, 1.807) is 11.4 Å². The summed E-state index contributed by atoms with van der Waals surface area (Å²) in [7, 11) is 1.53. The second-order valence-electron chi connectivity index (χ2n) is 7.12. The number of halogens is 1. The van der Waals surface area contributed by atoms with Crippen LogP contribution in [0.3, 0.4) is 0 Å². The van der Waals surface area contributed by atoms with Gasteiger partial charge in [0.25, 0.3) is 5.91 Å². The molecule has 1 aliphatic rings. The SMILES string of the molecule is COc1ccc(F)cc1-c1csc(NC(=O)c2c3c(nc4ccccc24)CCC3)n1. The van der Waals surface area contributed by atoms with Crippen molar-refractivity contribution in [3.8, 4) is 17.0 Å². The second-order valence-corrected chi connectivity index (χ2v) is 7.98. The molecule has 2 aromatic carbocycles. The maximum absolute atomic E-state index is 13.7. The summed E-state index contributed by atoms with van der Waals surface area (Å²) in [6.07, 6.45) is 2.74. The van der Waals surface area contributed by atoms with Crippen LogP contribution in [0.15, 0.2) is 47.8 Å². The number of benzene rings is 2. The molecule has 1 N–H and O–H groups in total. The Balaban J connectivity index is 1.50. The maximum Gasteiger partial charge on any atom is 0.258 e. The normalized spacial score (nSPS) is 12.7. The fraction of sp³-hybridized carbons (Fsp3) is 0.174. The number of thiazole rings is 1. The summed E-state index contributed by atoms with van der Waals surface area (Å²) in [4.78, 5) is 22.5. The van der Waals surface area contributed by atoms with E-state index in [1.165, 1.54) is 30.6 Å². The molecule has 30 heavy (non-hydrogen) atoms. The maximum atomic E-state index is 13.7. The largest absolute Gasteiger partial charge is 0.496 e. The minimum atomic E-state index is -0.372. The first-order valence-electron chi connectivity index (χ1n) is 9.65. The third kappa shape index (κ3) is 3.21. The number of carbonyl (C=O) groups is 1. The molecule has 7 heteroatoms. The number of nitrogens with one attached hydrogen (secondary N) is 1. The molecule has 0 atom stereocenters. The lowest BCUT2D eigenvalue weighted by molar-refractivity contribution is 0.102. The molecule has 0 radical (unpaired) electrons. The summed E-state index contributed by atoms with van der Waals surface area (Å²) in [5.74, 6) is -0.0421. The molecule has 2 aromatic heterocycles. The van der Waals surface area contributed by atoms with Gasteiger partial charge >= 0.3 is 0 Å². The number of pyridine rings is 1. The van der Waals surface area contributed by atoms with Crippen molar-refractivity contribution in [3.63, 3.8) is 0 Å². The Bertz CT molecular complexity index is 1280. The molecule has 0 spiro atoms. The molecule has 1 aliphatic carbocycles. The first-order chi connectivity index (χ1) is 14.6. The molecular weight excluding hydrogens is 401 g/mol. The summed E-state index contributed by atoms with van der Waals surface area (Å²) in [6, 6.07) is 12.0. The van der Waals surface area contributed by atoms with Gasteiger partial charge in [0.15, 0.2) is 5.13 Å². The minimum Gasteiger partial charge on any atom is -0.496 e. The van der Waals surface area contributed by atoms with Crippen LogP contribution in [0.1, 0.15) is 28.0 Å². The average Bonchev–Trinajstić information content (AvgIpc) is 3.41. The quantitative estimate of drug-likeness (QED) is 0.491. The predicted molar refractivity (Wildman–Crippen MR) is 116 cm³/mol. The zero-order valence-electron chi connectivity index (χ0n) is 16.2. The number of amides is 1. The van der Waals surface area contributed by atoms with E-state index < -0.39 is 0 Å². The topological polar surface area (TPSA) is 64.1 Å². The Hall–Kier alpha value is -3.32. The Labute approximate surface area is 176 Å². The lowest BCUT2D eigenvalue weighted by Crippen LogP contribution is -2.15. The van der Waals surface area contributed by atoms with E-state index >= 15 is 0 Å². The van der Waals surface area contributed by atoms with Crippen LogP contribution in [0.4, 0.5) is 9.52 Å². The van der Waals surface area contributed by atoms with E-state index in [1.807, 2.05) is 24.3 Å². The van der Waals surface area contributed by atoms with Gasteiger partial charge in [-0.3, -0.25) is 15.1 Å². The lowest BCUT2D eigenvalue weighted by Gasteiger charge is -2.11. The number of fused-ring (bicyclic) bond motifs is 2. The van der Waals surface area contributed by atoms with E-state index in [2.05, 4.69) is 10.3 Å². The number of carbonyl (C=O) groups excluding carboxylic acids is 1. The monoisotopic (exact) mass is 419 g/mol. The van der Waals surface area contributed by atoms with Gasteiger partial charge in [-0.15, -0.1) is 11.3 Å². The first-order valence-corrected chi connectivity index (χ1v) is 10.5. The van der Waals surface area contributed by atoms with E-state index in [0.29, 0.717) is 27.7 Å². The van der Waals surface area contributed by atoms with Gasteiger partial charge in [0, 0.05) is 22.0 Å². The molecule has 0 saturated heterocycles. The van der Waals surface area contributed by atoms with Crippen LogP contribution in [-0.4, -0.2) is 23.0 Å². The molecule has 150 valence electrons. The first kappa shape index (κ1) is 18.7. The molecule has 5 nitrogen and oxygen atoms in total. The number of aromatic nitrogens is 2. The fourth-order valence-electron chi connectivity index (χ4n) is 3.97. The van der Waals surface area contributed by atoms with Crippen LogP contribution in [0.2, 0.25) is 0 Å². The van der Waals surface area contributed by atoms with Crippen molar-refractivity contribution in [2.75, 3.05) is 12.4 Å². The van der Waals surface area contributed by atoms with Gasteiger partial charge in [0.1, 0.15) is 11.6 Å². The van der Waals surface area contributed by atoms with Gasteiger partial charge in [0.05, 0.1) is 23.9 Å². The van der Waals surface area contributed by atoms with Gasteiger partial charge in [-0.25, -0.2) is 9.37 Å². The van der Waals surface area contributed by atoms with Gasteiger partial charge in [-0.1, -0.05) is 18.2 Å². The average molecular weight is 419 g/mol. The number of aryl methyl sites for hydroxylation is 1. The van der Waals surface area contributed by atoms with E-state index in [4.69, 9.17) is 9.72 Å². The van der Waals surface area contributed by atoms with Crippen molar-refractivity contribution in [2.45, 2.75) is 19.3 Å². The highest BCUT2D eigenvalue weighted by Gasteiger charge is 2.24. The molecule has 0 fully saturated rings. The third-order valence-corrected chi connectivity index (χ3v) is 6.07. The van der Waals surface area contributed by atoms with Crippen LogP contribution in [-0.2, 0) is 12.8 Å². The number of methoxy groups -OCH3 is 1. The standard InChI is InChI=1S/C23H18FN3O2S/c1-29-20-10-9-13(24)11-16(20)19-12-30-23(26-19)27-22(28)21-14-5-2-3-7-17(14)25-18-8-4-6-15(18)21/h2-3,5,7,9-12H,4,6,8H2,1H3,(H,26,27,28). The molecule has 0 unspecified atom stereocenters. The van der Waals surface area contributed by atoms with E-state index in [0.717, 1.165) is 41.4 Å². The highest BCUT2D eigenvalue weighted by molar-refractivity contribution is 7.14. The number of hydrogen-bond acceptors (Lipinski definition) is 5. The van der Waals surface area contributed by atoms with Crippen LogP contribution in [0.25, 0.3) is 22.2 Å². The van der Waals surface area contributed by atoms with Crippen LogP contribution >= 0.6 is 11.3 Å². The number of hydrogen-bond donors (Lipinski definition) is 1. The van der Waals surface area contributed by atoms with Crippen LogP contribution in [0, 0.1) is 5.82 Å². The molecule has 5 rings (SSSR count). The molecular formula is C23H18FN3O2S. The van der Waals surface area contributed by atoms with Crippen molar-refractivity contribution in [3.05, 3.63) is 70.5 Å². The summed E-state index contributed by atoms with van der Waals surface area (Å²) < 4.78 is 19.0. The van der Waals surface area contributed by atoms with E-state index in [-0.39, 0.29) is 11.7 Å². The molecule has 0 bridgehead atoms. The summed E-state index contributed by atoms with van der Waals surface area (Å²) in [6.45, 7) is 0. The van der Waals surface area contributed by atoms with Crippen molar-refractivity contribution in [1.82, 2.24) is 9.97 Å². The fourth-order valence-corrected chi connectivity index (χ4v) is 4.67. The summed E-state index contributed by atoms with van der Waals surface area (Å²) in [5, 5.41) is 6.01. The van der Waals surface area contributed by atoms with E-state index in [9.17, 15) is 9.18 Å². The smallest absolute Gasteiger partial charge is 0.258 e. The number of ether oxygens (including phenoxy) is 1. The third-order valence-electron chi connectivity index (χ3n) is 5.31. The molecule has 4 aromatic rings. The Morgan fingerprint density at radius 2 is 2.03 bits per heavy atom. The Morgan fingerprint density at radius 1 is 1.17 bits per heavy atom. The van der Waals surface area contributed by atoms with Crippen molar-refractivity contribution in [2.24, 2.45) is 0 Å². The van der Waals surface area contributed by atoms with Crippen molar-refractivity contribution in [1.29, 1.82) is 0 Å². The van der Waals surface area contributed by atoms with Crippen LogP contribution < -0.4 is 10.1 Å². The van der Waals surface area contributed by atoms with Gasteiger partial charge < -0.3 is 4.74 Å². The molecule has 0 aliphatic heterocycles. The predicted octanol–water partition coefficient (Wildman–Crippen LogP) is 5.25. The van der Waals surface area contributed by atoms with Crippen molar-refractivity contribution >= 4 is 33.3 Å². The highest BCUT2D eigenvalue weighted by atomic mass is 32.1. The molecule has 1 amide bonds. The molecule has 0 saturated carbocycles. The lowest BCUT2D eigenvalue weighted by atomic mass is 10.0. The molecule has 2 heterocycles. The number of nitrogens with zero attached hydrogens (tertiary/aromatic N) is 2. The number of anilines is 1. The Kier molecular flexibility index (Phi) is 4.67. The van der Waals surface area contributed by atoms with Gasteiger partial charge in [0.2, 0.25) is 0 Å². The number of para-hydroxylation sites is 1. The van der Waals surface area contributed by atoms with Gasteiger partial charge in [-0.05, 0) is 49.1 Å².